The molecule has 0 bridgehead atoms. The van der Waals surface area contributed by atoms with Gasteiger partial charge in [-0.2, -0.15) is 13.2 Å². The highest BCUT2D eigenvalue weighted by Gasteiger charge is 2.58. The largest absolute Gasteiger partial charge is 0.418 e. The molecule has 1 N–H and O–H groups in total. The molecule has 4 nitrogen and oxygen atoms in total. The minimum absolute atomic E-state index is 0.115. The van der Waals surface area contributed by atoms with Crippen LogP contribution in [0.25, 0.3) is 0 Å². The first-order valence-electron chi connectivity index (χ1n) is 6.76. The number of amides is 1. The Morgan fingerprint density at radius 1 is 1.43 bits per heavy atom. The van der Waals surface area contributed by atoms with E-state index in [-0.39, 0.29) is 36.1 Å². The molecule has 1 aliphatic rings. The van der Waals surface area contributed by atoms with Crippen molar-refractivity contribution >= 4 is 34.8 Å². The molecule has 0 saturated carbocycles. The molecule has 1 unspecified atom stereocenters. The van der Waals surface area contributed by atoms with Crippen molar-refractivity contribution in [2.24, 2.45) is 0 Å². The van der Waals surface area contributed by atoms with Crippen LogP contribution in [0.2, 0.25) is 10.0 Å². The van der Waals surface area contributed by atoms with Gasteiger partial charge in [0.05, 0.1) is 22.3 Å². The Kier molecular flexibility index (Phi) is 5.45. The Balaban J connectivity index is 1.98. The second-order valence-corrected chi connectivity index (χ2v) is 6.09. The van der Waals surface area contributed by atoms with E-state index in [0.29, 0.717) is 5.69 Å². The molecule has 1 amide bonds. The van der Waals surface area contributed by atoms with Crippen LogP contribution in [0.3, 0.4) is 0 Å². The number of rotatable bonds is 4. The zero-order valence-corrected chi connectivity index (χ0v) is 13.7. The smallest absolute Gasteiger partial charge is 0.367 e. The van der Waals surface area contributed by atoms with Crippen LogP contribution in [0.4, 0.5) is 18.9 Å². The van der Waals surface area contributed by atoms with Gasteiger partial charge in [-0.05, 0) is 18.6 Å². The average molecular weight is 371 g/mol. The van der Waals surface area contributed by atoms with E-state index in [1.165, 1.54) is 4.90 Å². The van der Waals surface area contributed by atoms with Gasteiger partial charge in [0.1, 0.15) is 0 Å². The standard InChI is InChI=1S/C14H15Cl2F3N2O2/c1-23-13(14(17,18)19)5-6-21(8-13)7-11(22)20-10-4-2-3-9(15)12(10)16/h2-4H,5-8H2,1H3,(H,20,22). The van der Waals surface area contributed by atoms with Crippen molar-refractivity contribution in [3.63, 3.8) is 0 Å². The number of hydrogen-bond donors (Lipinski definition) is 1. The molecule has 0 radical (unpaired) electrons. The van der Waals surface area contributed by atoms with Crippen LogP contribution < -0.4 is 5.32 Å². The number of anilines is 1. The van der Waals surface area contributed by atoms with Crippen LogP contribution in [0.1, 0.15) is 6.42 Å². The second-order valence-electron chi connectivity index (χ2n) is 5.31. The number of nitrogens with zero attached hydrogens (tertiary/aromatic N) is 1. The van der Waals surface area contributed by atoms with Crippen molar-refractivity contribution in [2.45, 2.75) is 18.2 Å². The maximum Gasteiger partial charge on any atom is 0.418 e. The first kappa shape index (κ1) is 18.3. The monoisotopic (exact) mass is 370 g/mol. The van der Waals surface area contributed by atoms with Gasteiger partial charge in [-0.3, -0.25) is 9.69 Å². The normalized spacial score (nSPS) is 22.3. The van der Waals surface area contributed by atoms with E-state index in [1.807, 2.05) is 0 Å². The van der Waals surface area contributed by atoms with Gasteiger partial charge in [-0.1, -0.05) is 29.3 Å². The van der Waals surface area contributed by atoms with Crippen LogP contribution in [0, 0.1) is 0 Å². The van der Waals surface area contributed by atoms with Gasteiger partial charge < -0.3 is 10.1 Å². The van der Waals surface area contributed by atoms with Gasteiger partial charge in [-0.25, -0.2) is 0 Å². The average Bonchev–Trinajstić information content (AvgIpc) is 2.88. The molecule has 1 atom stereocenters. The third-order valence-corrected chi connectivity index (χ3v) is 4.63. The van der Waals surface area contributed by atoms with Crippen LogP contribution in [0.5, 0.6) is 0 Å². The number of nitrogens with one attached hydrogen (secondary N) is 1. The molecule has 1 aliphatic heterocycles. The number of methoxy groups -OCH3 is 1. The summed E-state index contributed by atoms with van der Waals surface area (Å²) in [7, 11) is 1.03. The SMILES string of the molecule is COC1(C(F)(F)F)CCN(CC(=O)Nc2cccc(Cl)c2Cl)C1. The molecule has 1 aromatic carbocycles. The molecular weight excluding hydrogens is 356 g/mol. The summed E-state index contributed by atoms with van der Waals surface area (Å²) in [6.45, 7) is -0.461. The van der Waals surface area contributed by atoms with Crippen LogP contribution in [-0.4, -0.2) is 49.3 Å². The van der Waals surface area contributed by atoms with Crippen molar-refractivity contribution in [1.82, 2.24) is 4.90 Å². The third kappa shape index (κ3) is 3.91. The first-order valence-corrected chi connectivity index (χ1v) is 7.52. The molecule has 0 spiro atoms. The van der Waals surface area contributed by atoms with E-state index in [1.54, 1.807) is 18.2 Å². The van der Waals surface area contributed by atoms with Gasteiger partial charge in [0.15, 0.2) is 5.60 Å². The molecule has 23 heavy (non-hydrogen) atoms. The number of carbonyl (C=O) groups excluding carboxylic acids is 1. The maximum absolute atomic E-state index is 13.1. The predicted octanol–water partition coefficient (Wildman–Crippen LogP) is 3.59. The van der Waals surface area contributed by atoms with E-state index in [2.05, 4.69) is 5.32 Å². The molecule has 1 saturated heterocycles. The lowest BCUT2D eigenvalue weighted by Crippen LogP contribution is -2.49. The minimum Gasteiger partial charge on any atom is -0.367 e. The summed E-state index contributed by atoms with van der Waals surface area (Å²) >= 11 is 11.8. The molecule has 0 aromatic heterocycles. The lowest BCUT2D eigenvalue weighted by Gasteiger charge is -2.30. The molecule has 128 valence electrons. The van der Waals surface area contributed by atoms with E-state index in [4.69, 9.17) is 27.9 Å². The van der Waals surface area contributed by atoms with Crippen molar-refractivity contribution in [3.8, 4) is 0 Å². The Hall–Kier alpha value is -1.02. The Morgan fingerprint density at radius 2 is 2.13 bits per heavy atom. The molecule has 2 rings (SSSR count). The summed E-state index contributed by atoms with van der Waals surface area (Å²) in [5.41, 5.74) is -1.90. The fourth-order valence-electron chi connectivity index (χ4n) is 2.50. The summed E-state index contributed by atoms with van der Waals surface area (Å²) in [5, 5.41) is 3.01. The fraction of sp³-hybridized carbons (Fsp3) is 0.500. The van der Waals surface area contributed by atoms with Gasteiger partial charge in [0.2, 0.25) is 5.91 Å². The topological polar surface area (TPSA) is 41.6 Å². The minimum atomic E-state index is -4.48. The molecular formula is C14H15Cl2F3N2O2. The van der Waals surface area contributed by atoms with Crippen molar-refractivity contribution in [3.05, 3.63) is 28.2 Å². The second kappa shape index (κ2) is 6.84. The summed E-state index contributed by atoms with van der Waals surface area (Å²) < 4.78 is 44.0. The van der Waals surface area contributed by atoms with E-state index in [0.717, 1.165) is 7.11 Å². The molecule has 0 aliphatic carbocycles. The van der Waals surface area contributed by atoms with Crippen molar-refractivity contribution in [1.29, 1.82) is 0 Å². The summed E-state index contributed by atoms with van der Waals surface area (Å²) in [4.78, 5) is 13.4. The van der Waals surface area contributed by atoms with E-state index >= 15 is 0 Å². The summed E-state index contributed by atoms with van der Waals surface area (Å²) in [6.07, 6.45) is -4.69. The van der Waals surface area contributed by atoms with Crippen molar-refractivity contribution in [2.75, 3.05) is 32.1 Å². The van der Waals surface area contributed by atoms with Gasteiger partial charge in [0.25, 0.3) is 0 Å². The Bertz CT molecular complexity index is 598. The predicted molar refractivity (Wildman–Crippen MR) is 81.9 cm³/mol. The van der Waals surface area contributed by atoms with Crippen LogP contribution >= 0.6 is 23.2 Å². The quantitative estimate of drug-likeness (QED) is 0.880. The number of ether oxygens (including phenoxy) is 1. The number of carbonyl (C=O) groups is 1. The molecule has 9 heteroatoms. The Labute approximate surface area is 141 Å². The zero-order valence-electron chi connectivity index (χ0n) is 12.2. The van der Waals surface area contributed by atoms with Crippen LogP contribution in [-0.2, 0) is 9.53 Å². The fourth-order valence-corrected chi connectivity index (χ4v) is 2.85. The van der Waals surface area contributed by atoms with Crippen LogP contribution in [0.15, 0.2) is 18.2 Å². The number of halogens is 5. The summed E-state index contributed by atoms with van der Waals surface area (Å²) in [6, 6.07) is 4.74. The molecule has 1 aromatic rings. The Morgan fingerprint density at radius 3 is 2.70 bits per heavy atom. The maximum atomic E-state index is 13.1. The third-order valence-electron chi connectivity index (χ3n) is 3.81. The number of likely N-dealkylation sites (tertiary alicyclic amines) is 1. The highest BCUT2D eigenvalue weighted by Crippen LogP contribution is 2.40. The highest BCUT2D eigenvalue weighted by molar-refractivity contribution is 6.43. The number of alkyl halides is 3. The molecule has 1 fully saturated rings. The van der Waals surface area contributed by atoms with E-state index in [9.17, 15) is 18.0 Å². The lowest BCUT2D eigenvalue weighted by atomic mass is 10.0. The van der Waals surface area contributed by atoms with Crippen molar-refractivity contribution < 1.29 is 22.7 Å². The number of hydrogen-bond acceptors (Lipinski definition) is 3. The van der Waals surface area contributed by atoms with Gasteiger partial charge in [-0.15, -0.1) is 0 Å². The van der Waals surface area contributed by atoms with Gasteiger partial charge in [0, 0.05) is 20.2 Å². The summed E-state index contributed by atoms with van der Waals surface area (Å²) in [5.74, 6) is -0.469. The zero-order chi connectivity index (χ0) is 17.3. The lowest BCUT2D eigenvalue weighted by molar-refractivity contribution is -0.263. The van der Waals surface area contributed by atoms with E-state index < -0.39 is 17.7 Å². The highest BCUT2D eigenvalue weighted by atomic mass is 35.5. The van der Waals surface area contributed by atoms with Gasteiger partial charge >= 0.3 is 6.18 Å². The first-order chi connectivity index (χ1) is 10.7. The number of benzene rings is 1. The molecule has 1 heterocycles.